The number of benzene rings is 1. The van der Waals surface area contributed by atoms with Crippen LogP contribution in [0.5, 0.6) is 0 Å². The number of rotatable bonds is 3. The number of fused-ring (bicyclic) bond motifs is 1. The molecule has 0 N–H and O–H groups in total. The van der Waals surface area contributed by atoms with Gasteiger partial charge >= 0.3 is 0 Å². The number of nitro benzene ring substituents is 1. The summed E-state index contributed by atoms with van der Waals surface area (Å²) in [6.07, 6.45) is 3.66. The van der Waals surface area contributed by atoms with E-state index in [0.29, 0.717) is 18.0 Å². The summed E-state index contributed by atoms with van der Waals surface area (Å²) in [4.78, 5) is 24.2. The van der Waals surface area contributed by atoms with Crippen LogP contribution in [0.25, 0.3) is 0 Å². The number of carbonyl (C=O) groups is 1. The lowest BCUT2D eigenvalue weighted by Gasteiger charge is -2.17. The fraction of sp³-hybridized carbons (Fsp3) is 0.231. The molecule has 8 heteroatoms. The zero-order valence-corrected chi connectivity index (χ0v) is 11.7. The van der Waals surface area contributed by atoms with Gasteiger partial charge in [-0.2, -0.15) is 5.10 Å². The standard InChI is InChI=1S/C13H11ClN4O3/c14-10-6-15-16(7-10)8-13(19)17-4-3-9-5-11(18(20)21)1-2-12(9)17/h1-2,5-7H,3-4,8H2. The van der Waals surface area contributed by atoms with Crippen molar-refractivity contribution < 1.29 is 9.72 Å². The van der Waals surface area contributed by atoms with E-state index in [1.54, 1.807) is 17.2 Å². The van der Waals surface area contributed by atoms with E-state index in [1.165, 1.54) is 23.0 Å². The molecule has 1 aliphatic heterocycles. The lowest BCUT2D eigenvalue weighted by atomic mass is 10.1. The van der Waals surface area contributed by atoms with E-state index >= 15 is 0 Å². The molecule has 7 nitrogen and oxygen atoms in total. The molecule has 2 heterocycles. The second-order valence-electron chi connectivity index (χ2n) is 4.72. The first-order chi connectivity index (χ1) is 10.0. The fourth-order valence-corrected chi connectivity index (χ4v) is 2.57. The van der Waals surface area contributed by atoms with Crippen LogP contribution in [0.4, 0.5) is 11.4 Å². The van der Waals surface area contributed by atoms with Crippen LogP contribution in [0.1, 0.15) is 5.56 Å². The maximum Gasteiger partial charge on any atom is 0.269 e. The molecule has 3 rings (SSSR count). The van der Waals surface area contributed by atoms with Crippen LogP contribution in [0.3, 0.4) is 0 Å². The molecule has 0 atom stereocenters. The van der Waals surface area contributed by atoms with E-state index < -0.39 is 4.92 Å². The van der Waals surface area contributed by atoms with Crippen LogP contribution >= 0.6 is 11.6 Å². The Morgan fingerprint density at radius 1 is 1.48 bits per heavy atom. The summed E-state index contributed by atoms with van der Waals surface area (Å²) >= 11 is 5.76. The van der Waals surface area contributed by atoms with Gasteiger partial charge in [0.05, 0.1) is 16.1 Å². The van der Waals surface area contributed by atoms with Crippen molar-refractivity contribution in [1.29, 1.82) is 0 Å². The minimum absolute atomic E-state index is 0.0434. The topological polar surface area (TPSA) is 81.3 Å². The molecule has 1 aromatic carbocycles. The SMILES string of the molecule is O=C(Cn1cc(Cl)cn1)N1CCc2cc([N+](=O)[O-])ccc21. The highest BCUT2D eigenvalue weighted by molar-refractivity contribution is 6.30. The van der Waals surface area contributed by atoms with E-state index in [0.717, 1.165) is 11.3 Å². The van der Waals surface area contributed by atoms with E-state index in [4.69, 9.17) is 11.6 Å². The normalized spacial score (nSPS) is 13.3. The van der Waals surface area contributed by atoms with Gasteiger partial charge in [0.15, 0.2) is 0 Å². The number of nitrogens with zero attached hydrogens (tertiary/aromatic N) is 4. The molecule has 0 saturated heterocycles. The van der Waals surface area contributed by atoms with E-state index in [-0.39, 0.29) is 18.1 Å². The second kappa shape index (κ2) is 5.17. The maximum absolute atomic E-state index is 12.3. The Morgan fingerprint density at radius 3 is 2.95 bits per heavy atom. The van der Waals surface area contributed by atoms with E-state index in [1.807, 2.05) is 0 Å². The molecule has 0 aliphatic carbocycles. The third kappa shape index (κ3) is 2.59. The minimum atomic E-state index is -0.434. The average Bonchev–Trinajstić information content (AvgIpc) is 3.04. The van der Waals surface area contributed by atoms with Crippen molar-refractivity contribution in [3.8, 4) is 0 Å². The number of carbonyl (C=O) groups excluding carboxylic acids is 1. The second-order valence-corrected chi connectivity index (χ2v) is 5.16. The number of hydrogen-bond donors (Lipinski definition) is 0. The van der Waals surface area contributed by atoms with Gasteiger partial charge in [-0.25, -0.2) is 0 Å². The largest absolute Gasteiger partial charge is 0.310 e. The summed E-state index contributed by atoms with van der Waals surface area (Å²) in [6, 6.07) is 4.55. The first-order valence-electron chi connectivity index (χ1n) is 6.30. The molecule has 0 radical (unpaired) electrons. The zero-order valence-electron chi connectivity index (χ0n) is 10.9. The molecular formula is C13H11ClN4O3. The maximum atomic E-state index is 12.3. The van der Waals surface area contributed by atoms with E-state index in [9.17, 15) is 14.9 Å². The molecule has 0 fully saturated rings. The number of halogens is 1. The monoisotopic (exact) mass is 306 g/mol. The smallest absolute Gasteiger partial charge is 0.269 e. The van der Waals surface area contributed by atoms with Gasteiger partial charge in [-0.05, 0) is 18.1 Å². The number of nitro groups is 1. The van der Waals surface area contributed by atoms with Crippen LogP contribution in [-0.4, -0.2) is 27.2 Å². The third-order valence-electron chi connectivity index (χ3n) is 3.37. The quantitative estimate of drug-likeness (QED) is 0.642. The van der Waals surface area contributed by atoms with Crippen LogP contribution in [-0.2, 0) is 17.8 Å². The molecule has 0 bridgehead atoms. The van der Waals surface area contributed by atoms with Gasteiger partial charge in [-0.3, -0.25) is 19.6 Å². The number of amides is 1. The van der Waals surface area contributed by atoms with Crippen LogP contribution < -0.4 is 4.90 Å². The van der Waals surface area contributed by atoms with Crippen molar-refractivity contribution >= 4 is 28.9 Å². The predicted molar refractivity (Wildman–Crippen MR) is 76.4 cm³/mol. The summed E-state index contributed by atoms with van der Waals surface area (Å²) in [5.41, 5.74) is 1.59. The lowest BCUT2D eigenvalue weighted by Crippen LogP contribution is -2.32. The highest BCUT2D eigenvalue weighted by atomic mass is 35.5. The summed E-state index contributed by atoms with van der Waals surface area (Å²) in [7, 11) is 0. The molecule has 0 spiro atoms. The van der Waals surface area contributed by atoms with Crippen LogP contribution in [0.15, 0.2) is 30.6 Å². The van der Waals surface area contributed by atoms with Crippen molar-refractivity contribution in [3.05, 3.63) is 51.3 Å². The highest BCUT2D eigenvalue weighted by Crippen LogP contribution is 2.31. The molecule has 2 aromatic rings. The Hall–Kier alpha value is -2.41. The van der Waals surface area contributed by atoms with Gasteiger partial charge < -0.3 is 4.90 Å². The van der Waals surface area contributed by atoms with Gasteiger partial charge in [-0.15, -0.1) is 0 Å². The molecule has 1 aliphatic rings. The highest BCUT2D eigenvalue weighted by Gasteiger charge is 2.26. The van der Waals surface area contributed by atoms with Gasteiger partial charge in [0.2, 0.25) is 5.91 Å². The number of non-ortho nitro benzene ring substituents is 1. The summed E-state index contributed by atoms with van der Waals surface area (Å²) in [5.74, 6) is -0.123. The molecule has 0 unspecified atom stereocenters. The number of hydrogen-bond acceptors (Lipinski definition) is 4. The molecule has 108 valence electrons. The van der Waals surface area contributed by atoms with Crippen molar-refractivity contribution in [2.45, 2.75) is 13.0 Å². The van der Waals surface area contributed by atoms with Gasteiger partial charge in [0.25, 0.3) is 5.69 Å². The Labute approximate surface area is 124 Å². The Balaban J connectivity index is 1.80. The van der Waals surface area contributed by atoms with Crippen molar-refractivity contribution in [1.82, 2.24) is 9.78 Å². The van der Waals surface area contributed by atoms with Gasteiger partial charge in [-0.1, -0.05) is 11.6 Å². The van der Waals surface area contributed by atoms with Crippen molar-refractivity contribution in [2.24, 2.45) is 0 Å². The Bertz CT molecular complexity index is 728. The fourth-order valence-electron chi connectivity index (χ4n) is 2.41. The summed E-state index contributed by atoms with van der Waals surface area (Å²) in [5, 5.41) is 15.2. The molecule has 1 amide bonds. The summed E-state index contributed by atoms with van der Waals surface area (Å²) < 4.78 is 1.47. The molecule has 21 heavy (non-hydrogen) atoms. The first-order valence-corrected chi connectivity index (χ1v) is 6.68. The number of anilines is 1. The first kappa shape index (κ1) is 13.6. The Morgan fingerprint density at radius 2 is 2.29 bits per heavy atom. The van der Waals surface area contributed by atoms with Crippen molar-refractivity contribution in [2.75, 3.05) is 11.4 Å². The average molecular weight is 307 g/mol. The van der Waals surface area contributed by atoms with Crippen molar-refractivity contribution in [3.63, 3.8) is 0 Å². The predicted octanol–water partition coefficient (Wildman–Crippen LogP) is 2.03. The third-order valence-corrected chi connectivity index (χ3v) is 3.56. The lowest BCUT2D eigenvalue weighted by molar-refractivity contribution is -0.384. The zero-order chi connectivity index (χ0) is 15.0. The Kier molecular flexibility index (Phi) is 3.34. The van der Waals surface area contributed by atoms with Gasteiger partial charge in [0, 0.05) is 30.6 Å². The van der Waals surface area contributed by atoms with Gasteiger partial charge in [0.1, 0.15) is 6.54 Å². The van der Waals surface area contributed by atoms with Crippen LogP contribution in [0, 0.1) is 10.1 Å². The molecule has 0 saturated carbocycles. The number of aromatic nitrogens is 2. The summed E-state index contributed by atoms with van der Waals surface area (Å²) in [6.45, 7) is 0.605. The molecule has 1 aromatic heterocycles. The van der Waals surface area contributed by atoms with E-state index in [2.05, 4.69) is 5.10 Å². The van der Waals surface area contributed by atoms with Crippen LogP contribution in [0.2, 0.25) is 5.02 Å². The molecular weight excluding hydrogens is 296 g/mol. The minimum Gasteiger partial charge on any atom is -0.310 e.